The van der Waals surface area contributed by atoms with Crippen LogP contribution in [0.2, 0.25) is 0 Å². The SMILES string of the molecule is CCCCCCCCCC/C=C\CCCCCCCCCCCCCC(=O)NC(COP(=O)([O-])OCC[N+](C)(C)C)C(O)/C=C/CC/C=C/CC/C=C/CCCCCCCCCCCCC. The molecule has 0 aliphatic rings. The summed E-state index contributed by atoms with van der Waals surface area (Å²) in [6.07, 6.45) is 63.3. The molecule has 9 heteroatoms. The molecule has 0 fully saturated rings. The summed E-state index contributed by atoms with van der Waals surface area (Å²) >= 11 is 0. The van der Waals surface area contributed by atoms with Crippen molar-refractivity contribution < 1.29 is 32.9 Å². The highest BCUT2D eigenvalue weighted by Gasteiger charge is 2.23. The van der Waals surface area contributed by atoms with Gasteiger partial charge in [-0.3, -0.25) is 9.36 Å². The molecule has 66 heavy (non-hydrogen) atoms. The lowest BCUT2D eigenvalue weighted by atomic mass is 10.0. The molecule has 0 heterocycles. The highest BCUT2D eigenvalue weighted by atomic mass is 31.2. The van der Waals surface area contributed by atoms with E-state index in [9.17, 15) is 19.4 Å². The van der Waals surface area contributed by atoms with Crippen LogP contribution in [0.15, 0.2) is 48.6 Å². The van der Waals surface area contributed by atoms with Gasteiger partial charge in [-0.15, -0.1) is 0 Å². The number of aliphatic hydroxyl groups excluding tert-OH is 1. The van der Waals surface area contributed by atoms with Crippen LogP contribution < -0.4 is 10.2 Å². The molecule has 0 aromatic heterocycles. The van der Waals surface area contributed by atoms with Crippen molar-refractivity contribution in [2.45, 2.75) is 270 Å². The van der Waals surface area contributed by atoms with Crippen LogP contribution >= 0.6 is 7.82 Å². The quantitative estimate of drug-likeness (QED) is 0.0272. The number of carbonyl (C=O) groups is 1. The van der Waals surface area contributed by atoms with Gasteiger partial charge in [-0.2, -0.15) is 0 Å². The molecule has 388 valence electrons. The maximum atomic E-state index is 12.9. The first-order valence-corrected chi connectivity index (χ1v) is 29.5. The summed E-state index contributed by atoms with van der Waals surface area (Å²) in [6, 6.07) is -0.911. The standard InChI is InChI=1S/C57H109N2O6P/c1-6-8-10-12-14-16-18-20-22-24-26-28-29-31-33-35-37-39-41-43-45-47-49-51-57(61)58-55(54-65-66(62,63)64-53-52-59(3,4)5)56(60)50-48-46-44-42-40-38-36-34-32-30-27-25-23-21-19-17-15-13-11-9-7-2/h24,26,32,34,40,42,48,50,55-56,60H,6-23,25,27-31,33,35-39,41,43-47,49,51-54H2,1-5H3,(H-,58,61,62,63)/b26-24-,34-32+,42-40+,50-48+. The molecular formula is C57H109N2O6P. The van der Waals surface area contributed by atoms with Crippen molar-refractivity contribution in [1.29, 1.82) is 0 Å². The van der Waals surface area contributed by atoms with Gasteiger partial charge in [-0.05, 0) is 70.6 Å². The van der Waals surface area contributed by atoms with Gasteiger partial charge >= 0.3 is 0 Å². The Morgan fingerprint density at radius 2 is 0.848 bits per heavy atom. The first-order valence-electron chi connectivity index (χ1n) is 28.0. The van der Waals surface area contributed by atoms with E-state index in [1.807, 2.05) is 27.2 Å². The second kappa shape index (κ2) is 48.5. The largest absolute Gasteiger partial charge is 0.756 e. The monoisotopic (exact) mass is 949 g/mol. The van der Waals surface area contributed by atoms with E-state index in [-0.39, 0.29) is 12.5 Å². The van der Waals surface area contributed by atoms with Crippen LogP contribution in [0.3, 0.4) is 0 Å². The number of likely N-dealkylation sites (N-methyl/N-ethyl adjacent to an activating group) is 1. The molecule has 0 saturated heterocycles. The van der Waals surface area contributed by atoms with Crippen LogP contribution in [0.1, 0.15) is 258 Å². The number of aliphatic hydroxyl groups is 1. The zero-order chi connectivity index (χ0) is 48.5. The average Bonchev–Trinajstić information content (AvgIpc) is 3.28. The van der Waals surface area contributed by atoms with Gasteiger partial charge in [0, 0.05) is 6.42 Å². The number of hydrogen-bond donors (Lipinski definition) is 2. The predicted molar refractivity (Wildman–Crippen MR) is 284 cm³/mol. The van der Waals surface area contributed by atoms with Gasteiger partial charge in [0.15, 0.2) is 0 Å². The van der Waals surface area contributed by atoms with Crippen molar-refractivity contribution >= 4 is 13.7 Å². The van der Waals surface area contributed by atoms with E-state index < -0.39 is 26.6 Å². The number of nitrogens with one attached hydrogen (secondary N) is 1. The predicted octanol–water partition coefficient (Wildman–Crippen LogP) is 16.1. The molecule has 2 N–H and O–H groups in total. The topological polar surface area (TPSA) is 108 Å². The van der Waals surface area contributed by atoms with Crippen LogP contribution in [-0.2, 0) is 18.4 Å². The van der Waals surface area contributed by atoms with Crippen LogP contribution in [0.4, 0.5) is 0 Å². The van der Waals surface area contributed by atoms with E-state index in [0.29, 0.717) is 17.4 Å². The third-order valence-electron chi connectivity index (χ3n) is 12.5. The Bertz CT molecular complexity index is 1210. The van der Waals surface area contributed by atoms with Gasteiger partial charge in [-0.1, -0.05) is 229 Å². The fraction of sp³-hybridized carbons (Fsp3) is 0.842. The second-order valence-corrected chi connectivity index (χ2v) is 21.7. The Labute approximate surface area is 409 Å². The molecule has 8 nitrogen and oxygen atoms in total. The number of hydrogen-bond acceptors (Lipinski definition) is 6. The highest BCUT2D eigenvalue weighted by molar-refractivity contribution is 7.45. The third kappa shape index (κ3) is 50.3. The minimum absolute atomic E-state index is 0.00938. The summed E-state index contributed by atoms with van der Waals surface area (Å²) in [5.41, 5.74) is 0. The number of unbranched alkanes of at least 4 members (excludes halogenated alkanes) is 32. The van der Waals surface area contributed by atoms with E-state index in [4.69, 9.17) is 9.05 Å². The lowest BCUT2D eigenvalue weighted by molar-refractivity contribution is -0.870. The minimum atomic E-state index is -4.61. The van der Waals surface area contributed by atoms with Gasteiger partial charge in [0.1, 0.15) is 13.2 Å². The maximum absolute atomic E-state index is 12.9. The van der Waals surface area contributed by atoms with Gasteiger partial charge < -0.3 is 28.8 Å². The van der Waals surface area contributed by atoms with Gasteiger partial charge in [0.05, 0.1) is 39.9 Å². The molecule has 0 saturated carbocycles. The lowest BCUT2D eigenvalue weighted by Crippen LogP contribution is -2.45. The summed E-state index contributed by atoms with van der Waals surface area (Å²) in [4.78, 5) is 25.5. The molecular weight excluding hydrogens is 840 g/mol. The fourth-order valence-corrected chi connectivity index (χ4v) is 8.79. The number of phosphoric acid groups is 1. The number of rotatable bonds is 51. The van der Waals surface area contributed by atoms with Crippen molar-refractivity contribution in [2.75, 3.05) is 40.9 Å². The first-order chi connectivity index (χ1) is 32.0. The molecule has 3 unspecified atom stereocenters. The van der Waals surface area contributed by atoms with E-state index in [1.54, 1.807) is 6.08 Å². The summed E-state index contributed by atoms with van der Waals surface area (Å²) in [5.74, 6) is -0.211. The van der Waals surface area contributed by atoms with Crippen LogP contribution in [0.5, 0.6) is 0 Å². The Morgan fingerprint density at radius 1 is 0.515 bits per heavy atom. The molecule has 0 aromatic carbocycles. The number of quaternary nitrogens is 1. The minimum Gasteiger partial charge on any atom is -0.756 e. The summed E-state index contributed by atoms with van der Waals surface area (Å²) < 4.78 is 23.3. The average molecular weight is 949 g/mol. The Hall–Kier alpha value is -1.54. The molecule has 0 radical (unpaired) electrons. The highest BCUT2D eigenvalue weighted by Crippen LogP contribution is 2.38. The molecule has 0 bridgehead atoms. The molecule has 1 amide bonds. The Morgan fingerprint density at radius 3 is 1.23 bits per heavy atom. The summed E-state index contributed by atoms with van der Waals surface area (Å²) in [7, 11) is 1.24. The van der Waals surface area contributed by atoms with E-state index in [2.05, 4.69) is 55.6 Å². The Balaban J connectivity index is 4.31. The maximum Gasteiger partial charge on any atom is 0.268 e. The number of carbonyl (C=O) groups excluding carboxylic acids is 1. The van der Waals surface area contributed by atoms with E-state index >= 15 is 0 Å². The van der Waals surface area contributed by atoms with Crippen molar-refractivity contribution in [2.24, 2.45) is 0 Å². The zero-order valence-electron chi connectivity index (χ0n) is 44.1. The molecule has 3 atom stereocenters. The normalized spacial score (nSPS) is 14.3. The smallest absolute Gasteiger partial charge is 0.268 e. The van der Waals surface area contributed by atoms with Gasteiger partial charge in [0.2, 0.25) is 5.91 Å². The van der Waals surface area contributed by atoms with Crippen LogP contribution in [-0.4, -0.2) is 68.5 Å². The van der Waals surface area contributed by atoms with Crippen molar-refractivity contribution in [3.8, 4) is 0 Å². The number of allylic oxidation sites excluding steroid dienone is 7. The van der Waals surface area contributed by atoms with Crippen molar-refractivity contribution in [3.63, 3.8) is 0 Å². The van der Waals surface area contributed by atoms with Crippen molar-refractivity contribution in [3.05, 3.63) is 48.6 Å². The van der Waals surface area contributed by atoms with Crippen LogP contribution in [0, 0.1) is 0 Å². The summed E-state index contributed by atoms with van der Waals surface area (Å²) in [5, 5.41) is 13.8. The number of nitrogens with zero attached hydrogens (tertiary/aromatic N) is 1. The third-order valence-corrected chi connectivity index (χ3v) is 13.5. The zero-order valence-corrected chi connectivity index (χ0v) is 45.0. The van der Waals surface area contributed by atoms with Gasteiger partial charge in [0.25, 0.3) is 7.82 Å². The Kier molecular flexibility index (Phi) is 47.4. The van der Waals surface area contributed by atoms with Gasteiger partial charge in [-0.25, -0.2) is 0 Å². The number of phosphoric ester groups is 1. The molecule has 0 rings (SSSR count). The first kappa shape index (κ1) is 64.5. The summed E-state index contributed by atoms with van der Waals surface area (Å²) in [6.45, 7) is 4.64. The van der Waals surface area contributed by atoms with Crippen molar-refractivity contribution in [1.82, 2.24) is 5.32 Å². The van der Waals surface area contributed by atoms with E-state index in [0.717, 1.165) is 44.9 Å². The lowest BCUT2D eigenvalue weighted by Gasteiger charge is -2.29. The molecule has 0 spiro atoms. The van der Waals surface area contributed by atoms with Crippen LogP contribution in [0.25, 0.3) is 0 Å². The second-order valence-electron chi connectivity index (χ2n) is 20.3. The molecule has 0 aliphatic heterocycles. The number of amides is 1. The molecule has 0 aromatic rings. The van der Waals surface area contributed by atoms with E-state index in [1.165, 1.54) is 193 Å². The molecule has 0 aliphatic carbocycles. The fourth-order valence-electron chi connectivity index (χ4n) is 8.06.